The van der Waals surface area contributed by atoms with Crippen LogP contribution in [0.2, 0.25) is 5.02 Å². The minimum absolute atomic E-state index is 0.0648. The molecule has 0 aromatic carbocycles. The van der Waals surface area contributed by atoms with E-state index in [1.54, 1.807) is 0 Å². The maximum atomic E-state index is 12.3. The summed E-state index contributed by atoms with van der Waals surface area (Å²) in [5, 5.41) is 0.0648. The lowest BCUT2D eigenvalue weighted by Crippen LogP contribution is -1.82. The molecule has 1 heterocycles. The molecular formula is C6H4ClFN. The van der Waals surface area contributed by atoms with E-state index in [9.17, 15) is 4.39 Å². The van der Waals surface area contributed by atoms with Gasteiger partial charge < -0.3 is 0 Å². The van der Waals surface area contributed by atoms with Crippen molar-refractivity contribution in [3.05, 3.63) is 35.7 Å². The maximum Gasteiger partial charge on any atom is 0.160 e. The van der Waals surface area contributed by atoms with Gasteiger partial charge in [-0.15, -0.1) is 0 Å². The summed E-state index contributed by atoms with van der Waals surface area (Å²) in [6.45, 7) is 3.46. The number of halogens is 2. The number of hydrogen-bond acceptors (Lipinski definition) is 1. The molecule has 1 aromatic rings. The zero-order chi connectivity index (χ0) is 6.85. The summed E-state index contributed by atoms with van der Waals surface area (Å²) in [5.41, 5.74) is 0.474. The minimum Gasteiger partial charge on any atom is -0.258 e. The van der Waals surface area contributed by atoms with Gasteiger partial charge in [0.15, 0.2) is 5.82 Å². The Kier molecular flexibility index (Phi) is 1.67. The molecule has 0 aliphatic heterocycles. The molecule has 3 heteroatoms. The third kappa shape index (κ3) is 1.39. The Labute approximate surface area is 57.5 Å². The number of nitrogens with zero attached hydrogens (tertiary/aromatic N) is 1. The maximum absolute atomic E-state index is 12.3. The van der Waals surface area contributed by atoms with Gasteiger partial charge in [0, 0.05) is 5.69 Å². The van der Waals surface area contributed by atoms with Crippen molar-refractivity contribution >= 4 is 11.6 Å². The minimum atomic E-state index is -0.510. The van der Waals surface area contributed by atoms with E-state index in [1.165, 1.54) is 6.07 Å². The van der Waals surface area contributed by atoms with Crippen molar-refractivity contribution in [2.45, 2.75) is 0 Å². The van der Waals surface area contributed by atoms with E-state index in [-0.39, 0.29) is 5.02 Å². The molecule has 1 rings (SSSR count). The van der Waals surface area contributed by atoms with Gasteiger partial charge in [-0.25, -0.2) is 4.39 Å². The van der Waals surface area contributed by atoms with Gasteiger partial charge in [-0.3, -0.25) is 4.98 Å². The second kappa shape index (κ2) is 2.31. The van der Waals surface area contributed by atoms with Crippen molar-refractivity contribution in [2.75, 3.05) is 0 Å². The third-order valence-electron chi connectivity index (χ3n) is 0.865. The predicted octanol–water partition coefficient (Wildman–Crippen LogP) is 2.06. The highest BCUT2D eigenvalue weighted by molar-refractivity contribution is 6.30. The van der Waals surface area contributed by atoms with E-state index in [0.717, 1.165) is 6.20 Å². The molecule has 0 unspecified atom stereocenters. The van der Waals surface area contributed by atoms with Gasteiger partial charge in [0.1, 0.15) is 0 Å². The molecule has 0 aliphatic carbocycles. The summed E-state index contributed by atoms with van der Waals surface area (Å²) < 4.78 is 12.3. The summed E-state index contributed by atoms with van der Waals surface area (Å²) in [6, 6.07) is 1.37. The number of hydrogen-bond donors (Lipinski definition) is 0. The molecule has 0 fully saturated rings. The SMILES string of the molecule is [CH2]c1cc(Cl)c(F)cn1. The molecule has 1 nitrogen and oxygen atoms in total. The van der Waals surface area contributed by atoms with Gasteiger partial charge in [0.2, 0.25) is 0 Å². The van der Waals surface area contributed by atoms with E-state index in [0.29, 0.717) is 5.69 Å². The van der Waals surface area contributed by atoms with E-state index < -0.39 is 5.82 Å². The second-order valence-electron chi connectivity index (χ2n) is 1.59. The lowest BCUT2D eigenvalue weighted by atomic mass is 10.4. The number of aromatic nitrogens is 1. The topological polar surface area (TPSA) is 12.9 Å². The van der Waals surface area contributed by atoms with Crippen LogP contribution in [0.1, 0.15) is 5.69 Å². The summed E-state index contributed by atoms with van der Waals surface area (Å²) in [6.07, 6.45) is 1.05. The molecule has 0 amide bonds. The lowest BCUT2D eigenvalue weighted by molar-refractivity contribution is 0.621. The van der Waals surface area contributed by atoms with Crippen molar-refractivity contribution < 1.29 is 4.39 Å². The molecule has 0 atom stereocenters. The van der Waals surface area contributed by atoms with Crippen molar-refractivity contribution in [3.8, 4) is 0 Å². The Morgan fingerprint density at radius 2 is 2.33 bits per heavy atom. The summed E-state index contributed by atoms with van der Waals surface area (Å²) in [4.78, 5) is 3.57. The zero-order valence-electron chi connectivity index (χ0n) is 4.56. The molecule has 0 bridgehead atoms. The Hall–Kier alpha value is -0.630. The normalized spacial score (nSPS) is 9.67. The molecule has 0 aliphatic rings. The smallest absolute Gasteiger partial charge is 0.160 e. The first kappa shape index (κ1) is 6.49. The van der Waals surface area contributed by atoms with Crippen molar-refractivity contribution in [1.82, 2.24) is 4.98 Å². The number of rotatable bonds is 0. The third-order valence-corrected chi connectivity index (χ3v) is 1.15. The zero-order valence-corrected chi connectivity index (χ0v) is 5.32. The van der Waals surface area contributed by atoms with Gasteiger partial charge in [-0.1, -0.05) is 11.6 Å². The average molecular weight is 145 g/mol. The van der Waals surface area contributed by atoms with Gasteiger partial charge in [-0.05, 0) is 13.0 Å². The summed E-state index contributed by atoms with van der Waals surface area (Å²) in [7, 11) is 0. The van der Waals surface area contributed by atoms with Gasteiger partial charge in [-0.2, -0.15) is 0 Å². The number of pyridine rings is 1. The largest absolute Gasteiger partial charge is 0.258 e. The molecule has 1 radical (unpaired) electrons. The molecule has 9 heavy (non-hydrogen) atoms. The van der Waals surface area contributed by atoms with E-state index in [2.05, 4.69) is 11.9 Å². The molecule has 0 saturated carbocycles. The fourth-order valence-corrected chi connectivity index (χ4v) is 0.628. The Morgan fingerprint density at radius 3 is 2.78 bits per heavy atom. The van der Waals surface area contributed by atoms with Crippen molar-refractivity contribution in [1.29, 1.82) is 0 Å². The first-order valence-corrected chi connectivity index (χ1v) is 2.71. The van der Waals surface area contributed by atoms with Crippen LogP contribution in [0.3, 0.4) is 0 Å². The van der Waals surface area contributed by atoms with Crippen LogP contribution in [0.4, 0.5) is 4.39 Å². The molecule has 1 aromatic heterocycles. The van der Waals surface area contributed by atoms with Crippen LogP contribution in [0.5, 0.6) is 0 Å². The molecule has 47 valence electrons. The quantitative estimate of drug-likeness (QED) is 0.543. The van der Waals surface area contributed by atoms with Crippen LogP contribution >= 0.6 is 11.6 Å². The van der Waals surface area contributed by atoms with Gasteiger partial charge in [0.05, 0.1) is 11.2 Å². The monoisotopic (exact) mass is 144 g/mol. The van der Waals surface area contributed by atoms with Crippen LogP contribution in [0, 0.1) is 12.7 Å². The van der Waals surface area contributed by atoms with E-state index in [4.69, 9.17) is 11.6 Å². The highest BCUT2D eigenvalue weighted by Gasteiger charge is 1.96. The highest BCUT2D eigenvalue weighted by Crippen LogP contribution is 2.12. The van der Waals surface area contributed by atoms with Crippen LogP contribution in [-0.2, 0) is 0 Å². The van der Waals surface area contributed by atoms with Crippen LogP contribution in [-0.4, -0.2) is 4.98 Å². The van der Waals surface area contributed by atoms with Crippen molar-refractivity contribution in [3.63, 3.8) is 0 Å². The van der Waals surface area contributed by atoms with Crippen molar-refractivity contribution in [2.24, 2.45) is 0 Å². The molecule has 0 saturated heterocycles. The Morgan fingerprint density at radius 1 is 1.67 bits per heavy atom. The Balaban J connectivity index is 3.17. The van der Waals surface area contributed by atoms with E-state index in [1.807, 2.05) is 0 Å². The molecular weight excluding hydrogens is 141 g/mol. The predicted molar refractivity (Wildman–Crippen MR) is 33.7 cm³/mol. The van der Waals surface area contributed by atoms with Crippen LogP contribution < -0.4 is 0 Å². The highest BCUT2D eigenvalue weighted by atomic mass is 35.5. The summed E-state index contributed by atoms with van der Waals surface area (Å²) in [5.74, 6) is -0.510. The fraction of sp³-hybridized carbons (Fsp3) is 0. The second-order valence-corrected chi connectivity index (χ2v) is 2.00. The molecule has 0 spiro atoms. The van der Waals surface area contributed by atoms with Crippen LogP contribution in [0.15, 0.2) is 12.3 Å². The standard InChI is InChI=1S/C6H4ClFN/c1-4-2-5(7)6(8)3-9-4/h2-3H,1H2. The van der Waals surface area contributed by atoms with Crippen LogP contribution in [0.25, 0.3) is 0 Å². The fourth-order valence-electron chi connectivity index (χ4n) is 0.454. The Bertz CT molecular complexity index is 224. The van der Waals surface area contributed by atoms with Gasteiger partial charge >= 0.3 is 0 Å². The summed E-state index contributed by atoms with van der Waals surface area (Å²) >= 11 is 5.36. The first-order valence-electron chi connectivity index (χ1n) is 2.33. The first-order chi connectivity index (χ1) is 4.20. The average Bonchev–Trinajstić information content (AvgIpc) is 1.80. The van der Waals surface area contributed by atoms with E-state index >= 15 is 0 Å². The van der Waals surface area contributed by atoms with Gasteiger partial charge in [0.25, 0.3) is 0 Å². The molecule has 0 N–H and O–H groups in total. The lowest BCUT2D eigenvalue weighted by Gasteiger charge is -1.92.